The molecule has 3 aromatic rings. The lowest BCUT2D eigenvalue weighted by atomic mass is 9.95. The highest BCUT2D eigenvalue weighted by Crippen LogP contribution is 2.43. The number of halogens is 2. The van der Waals surface area contributed by atoms with Crippen molar-refractivity contribution >= 4 is 45.5 Å². The number of hydrogen-bond donors (Lipinski definition) is 1. The molecule has 0 radical (unpaired) electrons. The molecule has 1 atom stereocenters. The molecule has 1 fully saturated rings. The summed E-state index contributed by atoms with van der Waals surface area (Å²) in [6.07, 6.45) is 0. The Labute approximate surface area is 181 Å². The molecule has 8 heteroatoms. The number of Topliss-reactive ketones (excluding diaryl/α,β-unsaturated/α-hetero) is 1. The van der Waals surface area contributed by atoms with E-state index in [9.17, 15) is 19.1 Å². The zero-order valence-electron chi connectivity index (χ0n) is 16.0. The van der Waals surface area contributed by atoms with Crippen LogP contribution in [-0.2, 0) is 9.59 Å². The molecule has 0 unspecified atom stereocenters. The number of amides is 1. The van der Waals surface area contributed by atoms with Gasteiger partial charge in [-0.15, -0.1) is 11.3 Å². The summed E-state index contributed by atoms with van der Waals surface area (Å²) in [6, 6.07) is 10.8. The highest BCUT2D eigenvalue weighted by Gasteiger charge is 2.48. The van der Waals surface area contributed by atoms with E-state index in [0.29, 0.717) is 15.7 Å². The number of carbonyl (C=O) groups excluding carboxylic acids is 2. The standard InChI is InChI=1S/C22H16ClFN2O3S/c1-11-12(2)30-22(25-11)26-18(13-3-7-15(23)8-4-13)17(20(28)21(26)29)19(27)14-5-9-16(24)10-6-14/h3-10,18,27H,1-2H3/b19-17+/t18-/m0/s1. The fourth-order valence-electron chi connectivity index (χ4n) is 3.31. The van der Waals surface area contributed by atoms with E-state index in [4.69, 9.17) is 11.6 Å². The number of aliphatic hydroxyl groups excluding tert-OH is 1. The van der Waals surface area contributed by atoms with Gasteiger partial charge < -0.3 is 5.11 Å². The molecule has 0 bridgehead atoms. The van der Waals surface area contributed by atoms with E-state index >= 15 is 0 Å². The topological polar surface area (TPSA) is 70.5 Å². The number of benzene rings is 2. The number of aliphatic hydroxyl groups is 1. The van der Waals surface area contributed by atoms with Gasteiger partial charge in [0.1, 0.15) is 11.6 Å². The van der Waals surface area contributed by atoms with Gasteiger partial charge in [-0.25, -0.2) is 9.37 Å². The van der Waals surface area contributed by atoms with Gasteiger partial charge in [0.05, 0.1) is 17.3 Å². The summed E-state index contributed by atoms with van der Waals surface area (Å²) >= 11 is 7.30. The van der Waals surface area contributed by atoms with Gasteiger partial charge in [0, 0.05) is 15.5 Å². The summed E-state index contributed by atoms with van der Waals surface area (Å²) in [5.41, 5.74) is 1.50. The molecule has 1 amide bonds. The summed E-state index contributed by atoms with van der Waals surface area (Å²) in [5.74, 6) is -2.47. The summed E-state index contributed by atoms with van der Waals surface area (Å²) in [4.78, 5) is 32.6. The SMILES string of the molecule is Cc1nc(N2C(=O)C(=O)/C(=C(/O)c3ccc(F)cc3)[C@@H]2c2ccc(Cl)cc2)sc1C. The Morgan fingerprint density at radius 2 is 1.73 bits per heavy atom. The summed E-state index contributed by atoms with van der Waals surface area (Å²) in [7, 11) is 0. The van der Waals surface area contributed by atoms with Crippen LogP contribution in [0, 0.1) is 19.7 Å². The molecular formula is C22H16ClFN2O3S. The Kier molecular flexibility index (Phi) is 5.17. The van der Waals surface area contributed by atoms with Gasteiger partial charge in [0.25, 0.3) is 5.78 Å². The van der Waals surface area contributed by atoms with Crippen LogP contribution in [0.1, 0.15) is 27.7 Å². The Morgan fingerprint density at radius 1 is 1.10 bits per heavy atom. The second-order valence-corrected chi connectivity index (χ2v) is 8.48. The first-order chi connectivity index (χ1) is 14.3. The van der Waals surface area contributed by atoms with Crippen molar-refractivity contribution in [1.29, 1.82) is 0 Å². The van der Waals surface area contributed by atoms with Crippen LogP contribution in [0.3, 0.4) is 0 Å². The van der Waals surface area contributed by atoms with E-state index in [1.807, 2.05) is 13.8 Å². The Balaban J connectivity index is 1.94. The van der Waals surface area contributed by atoms with E-state index in [-0.39, 0.29) is 16.9 Å². The molecular weight excluding hydrogens is 427 g/mol. The Hall–Kier alpha value is -3.03. The van der Waals surface area contributed by atoms with Crippen LogP contribution >= 0.6 is 22.9 Å². The fourth-order valence-corrected chi connectivity index (χ4v) is 4.37. The molecule has 2 aromatic carbocycles. The highest BCUT2D eigenvalue weighted by molar-refractivity contribution is 7.16. The lowest BCUT2D eigenvalue weighted by Gasteiger charge is -2.23. The third-order valence-corrected chi connectivity index (χ3v) is 6.30. The molecule has 2 heterocycles. The van der Waals surface area contributed by atoms with E-state index < -0.39 is 23.5 Å². The van der Waals surface area contributed by atoms with Crippen molar-refractivity contribution in [3.05, 3.63) is 86.6 Å². The van der Waals surface area contributed by atoms with Crippen LogP contribution in [-0.4, -0.2) is 21.8 Å². The minimum Gasteiger partial charge on any atom is -0.507 e. The number of aryl methyl sites for hydroxylation is 2. The number of aromatic nitrogens is 1. The number of carbonyl (C=O) groups is 2. The van der Waals surface area contributed by atoms with Crippen LogP contribution in [0.2, 0.25) is 5.02 Å². The predicted molar refractivity (Wildman–Crippen MR) is 114 cm³/mol. The Bertz CT molecular complexity index is 1170. The number of anilines is 1. The first-order valence-electron chi connectivity index (χ1n) is 9.04. The van der Waals surface area contributed by atoms with Crippen molar-refractivity contribution in [2.45, 2.75) is 19.9 Å². The van der Waals surface area contributed by atoms with E-state index in [1.54, 1.807) is 24.3 Å². The highest BCUT2D eigenvalue weighted by atomic mass is 35.5. The van der Waals surface area contributed by atoms with E-state index in [0.717, 1.165) is 10.6 Å². The molecule has 1 saturated heterocycles. The third kappa shape index (κ3) is 3.40. The molecule has 4 rings (SSSR count). The number of nitrogens with zero attached hydrogens (tertiary/aromatic N) is 2. The maximum Gasteiger partial charge on any atom is 0.301 e. The molecule has 1 N–H and O–H groups in total. The minimum atomic E-state index is -0.891. The second kappa shape index (κ2) is 7.66. The molecule has 1 aliphatic rings. The summed E-state index contributed by atoms with van der Waals surface area (Å²) in [6.45, 7) is 3.70. The van der Waals surface area contributed by atoms with Gasteiger partial charge in [-0.05, 0) is 55.8 Å². The third-order valence-electron chi connectivity index (χ3n) is 4.97. The number of hydrogen-bond acceptors (Lipinski definition) is 5. The molecule has 0 saturated carbocycles. The summed E-state index contributed by atoms with van der Waals surface area (Å²) < 4.78 is 13.3. The zero-order valence-corrected chi connectivity index (χ0v) is 17.6. The van der Waals surface area contributed by atoms with E-state index in [2.05, 4.69) is 4.98 Å². The predicted octanol–water partition coefficient (Wildman–Crippen LogP) is 5.18. The quantitative estimate of drug-likeness (QED) is 0.344. The zero-order chi connectivity index (χ0) is 21.6. The van der Waals surface area contributed by atoms with Gasteiger partial charge in [-0.2, -0.15) is 0 Å². The maximum atomic E-state index is 13.3. The fraction of sp³-hybridized carbons (Fsp3) is 0.136. The maximum absolute atomic E-state index is 13.3. The van der Waals surface area contributed by atoms with Crippen LogP contribution < -0.4 is 4.90 Å². The number of thiazole rings is 1. The molecule has 0 spiro atoms. The van der Waals surface area contributed by atoms with Crippen molar-refractivity contribution < 1.29 is 19.1 Å². The van der Waals surface area contributed by atoms with Crippen molar-refractivity contribution in [3.8, 4) is 0 Å². The van der Waals surface area contributed by atoms with Gasteiger partial charge in [-0.3, -0.25) is 14.5 Å². The van der Waals surface area contributed by atoms with Crippen molar-refractivity contribution in [2.75, 3.05) is 4.90 Å². The molecule has 1 aromatic heterocycles. The second-order valence-electron chi connectivity index (χ2n) is 6.87. The van der Waals surface area contributed by atoms with Gasteiger partial charge in [0.2, 0.25) is 0 Å². The Morgan fingerprint density at radius 3 is 2.30 bits per heavy atom. The van der Waals surface area contributed by atoms with Crippen LogP contribution in [0.4, 0.5) is 9.52 Å². The number of ketones is 1. The van der Waals surface area contributed by atoms with Gasteiger partial charge in [-0.1, -0.05) is 23.7 Å². The molecule has 152 valence electrons. The lowest BCUT2D eigenvalue weighted by Crippen LogP contribution is -2.29. The average Bonchev–Trinajstić information content (AvgIpc) is 3.18. The largest absolute Gasteiger partial charge is 0.507 e. The number of rotatable bonds is 3. The first-order valence-corrected chi connectivity index (χ1v) is 10.2. The molecule has 1 aliphatic heterocycles. The smallest absolute Gasteiger partial charge is 0.301 e. The van der Waals surface area contributed by atoms with Crippen LogP contribution in [0.15, 0.2) is 54.1 Å². The van der Waals surface area contributed by atoms with Crippen LogP contribution in [0.5, 0.6) is 0 Å². The van der Waals surface area contributed by atoms with Gasteiger partial charge in [0.15, 0.2) is 5.13 Å². The van der Waals surface area contributed by atoms with Crippen molar-refractivity contribution in [3.63, 3.8) is 0 Å². The van der Waals surface area contributed by atoms with Crippen LogP contribution in [0.25, 0.3) is 5.76 Å². The van der Waals surface area contributed by atoms with Crippen molar-refractivity contribution in [1.82, 2.24) is 4.98 Å². The lowest BCUT2D eigenvalue weighted by molar-refractivity contribution is -0.132. The molecule has 30 heavy (non-hydrogen) atoms. The molecule has 0 aliphatic carbocycles. The summed E-state index contributed by atoms with van der Waals surface area (Å²) in [5, 5.41) is 11.8. The monoisotopic (exact) mass is 442 g/mol. The average molecular weight is 443 g/mol. The first kappa shape index (κ1) is 20.3. The van der Waals surface area contributed by atoms with E-state index in [1.165, 1.54) is 40.5 Å². The minimum absolute atomic E-state index is 0.0839. The van der Waals surface area contributed by atoms with Gasteiger partial charge >= 0.3 is 5.91 Å². The van der Waals surface area contributed by atoms with Crippen molar-refractivity contribution in [2.24, 2.45) is 0 Å². The normalized spacial score (nSPS) is 18.3. The molecule has 5 nitrogen and oxygen atoms in total.